The van der Waals surface area contributed by atoms with E-state index in [4.69, 9.17) is 5.73 Å². The lowest BCUT2D eigenvalue weighted by atomic mass is 9.82. The predicted molar refractivity (Wildman–Crippen MR) is 62.7 cm³/mol. The quantitative estimate of drug-likeness (QED) is 0.880. The highest BCUT2D eigenvalue weighted by atomic mass is 19.3. The maximum absolute atomic E-state index is 13.3. The molecule has 94 valence electrons. The third-order valence-electron chi connectivity index (χ3n) is 3.40. The summed E-state index contributed by atoms with van der Waals surface area (Å²) in [7, 11) is 0. The topological polar surface area (TPSA) is 38.9 Å². The van der Waals surface area contributed by atoms with Gasteiger partial charge >= 0.3 is 0 Å². The van der Waals surface area contributed by atoms with Gasteiger partial charge in [0.2, 0.25) is 5.92 Å². The molecule has 2 rings (SSSR count). The van der Waals surface area contributed by atoms with Crippen LogP contribution in [0.25, 0.3) is 0 Å². The monoisotopic (exact) mass is 240 g/mol. The van der Waals surface area contributed by atoms with Gasteiger partial charge in [-0.2, -0.15) is 0 Å². The minimum Gasteiger partial charge on any atom is -0.323 e. The van der Waals surface area contributed by atoms with E-state index in [1.165, 1.54) is 0 Å². The van der Waals surface area contributed by atoms with E-state index < -0.39 is 5.92 Å². The van der Waals surface area contributed by atoms with Gasteiger partial charge in [0.25, 0.3) is 0 Å². The summed E-state index contributed by atoms with van der Waals surface area (Å²) in [6.45, 7) is 0. The van der Waals surface area contributed by atoms with Gasteiger partial charge < -0.3 is 5.73 Å². The molecule has 1 heterocycles. The molecule has 2 N–H and O–H groups in total. The van der Waals surface area contributed by atoms with Gasteiger partial charge in [0.05, 0.1) is 5.69 Å². The zero-order chi connectivity index (χ0) is 12.3. The van der Waals surface area contributed by atoms with E-state index in [9.17, 15) is 8.78 Å². The smallest absolute Gasteiger partial charge is 0.248 e. The summed E-state index contributed by atoms with van der Waals surface area (Å²) >= 11 is 0. The Morgan fingerprint density at radius 2 is 2.29 bits per heavy atom. The maximum atomic E-state index is 13.3. The summed E-state index contributed by atoms with van der Waals surface area (Å²) in [6.07, 6.45) is 3.76. The molecule has 2 unspecified atom stereocenters. The lowest BCUT2D eigenvalue weighted by Gasteiger charge is -2.30. The van der Waals surface area contributed by atoms with Crippen LogP contribution in [0.15, 0.2) is 24.4 Å². The molecule has 0 aliphatic heterocycles. The van der Waals surface area contributed by atoms with Crippen LogP contribution in [-0.2, 0) is 0 Å². The van der Waals surface area contributed by atoms with Crippen LogP contribution in [0.4, 0.5) is 8.78 Å². The summed E-state index contributed by atoms with van der Waals surface area (Å²) in [5, 5.41) is 0. The van der Waals surface area contributed by atoms with Crippen LogP contribution in [0.2, 0.25) is 0 Å². The number of rotatable bonds is 3. The van der Waals surface area contributed by atoms with E-state index in [2.05, 4.69) is 4.98 Å². The second kappa shape index (κ2) is 5.08. The molecule has 0 amide bonds. The standard InChI is InChI=1S/C13H18F2N2/c14-13(15)6-3-4-10(9-13)8-11(16)12-5-1-2-7-17-12/h1-2,5,7,10-11H,3-4,6,8-9,16H2. The molecular formula is C13H18F2N2. The van der Waals surface area contributed by atoms with E-state index in [0.29, 0.717) is 12.8 Å². The average Bonchev–Trinajstić information content (AvgIpc) is 2.29. The Morgan fingerprint density at radius 1 is 1.47 bits per heavy atom. The van der Waals surface area contributed by atoms with Crippen LogP contribution in [0.5, 0.6) is 0 Å². The molecule has 1 aliphatic rings. The normalized spacial score (nSPS) is 25.5. The van der Waals surface area contributed by atoms with Crippen molar-refractivity contribution in [3.8, 4) is 0 Å². The number of nitrogens with two attached hydrogens (primary N) is 1. The summed E-state index contributed by atoms with van der Waals surface area (Å²) in [4.78, 5) is 4.17. The summed E-state index contributed by atoms with van der Waals surface area (Å²) in [5.41, 5.74) is 6.80. The van der Waals surface area contributed by atoms with Crippen molar-refractivity contribution in [1.82, 2.24) is 4.98 Å². The molecule has 1 fully saturated rings. The Labute approximate surface area is 100 Å². The van der Waals surface area contributed by atoms with Gasteiger partial charge in [-0.05, 0) is 37.3 Å². The van der Waals surface area contributed by atoms with E-state index in [1.807, 2.05) is 18.2 Å². The first-order chi connectivity index (χ1) is 8.07. The first kappa shape index (κ1) is 12.4. The van der Waals surface area contributed by atoms with Crippen molar-refractivity contribution in [3.05, 3.63) is 30.1 Å². The Balaban J connectivity index is 1.93. The van der Waals surface area contributed by atoms with Crippen LogP contribution in [0.3, 0.4) is 0 Å². The van der Waals surface area contributed by atoms with Crippen molar-refractivity contribution in [2.45, 2.75) is 44.1 Å². The van der Waals surface area contributed by atoms with Gasteiger partial charge in [0.15, 0.2) is 0 Å². The first-order valence-electron chi connectivity index (χ1n) is 6.11. The zero-order valence-electron chi connectivity index (χ0n) is 9.78. The largest absolute Gasteiger partial charge is 0.323 e. The Kier molecular flexibility index (Phi) is 3.72. The fourth-order valence-corrected chi connectivity index (χ4v) is 2.55. The second-order valence-electron chi connectivity index (χ2n) is 4.92. The van der Waals surface area contributed by atoms with E-state index in [1.54, 1.807) is 6.20 Å². The molecule has 1 saturated carbocycles. The van der Waals surface area contributed by atoms with Gasteiger partial charge in [0.1, 0.15) is 0 Å². The molecule has 1 aromatic rings. The van der Waals surface area contributed by atoms with Crippen molar-refractivity contribution in [2.75, 3.05) is 0 Å². The highest BCUT2D eigenvalue weighted by Gasteiger charge is 2.36. The lowest BCUT2D eigenvalue weighted by molar-refractivity contribution is -0.0544. The van der Waals surface area contributed by atoms with Crippen LogP contribution in [0, 0.1) is 5.92 Å². The molecule has 1 aromatic heterocycles. The Bertz CT molecular complexity index is 354. The van der Waals surface area contributed by atoms with E-state index >= 15 is 0 Å². The number of halogens is 2. The van der Waals surface area contributed by atoms with Gasteiger partial charge in [-0.1, -0.05) is 6.07 Å². The predicted octanol–water partition coefficient (Wildman–Crippen LogP) is 3.30. The van der Waals surface area contributed by atoms with Gasteiger partial charge in [-0.15, -0.1) is 0 Å². The number of pyridine rings is 1. The van der Waals surface area contributed by atoms with Crippen LogP contribution in [-0.4, -0.2) is 10.9 Å². The van der Waals surface area contributed by atoms with Gasteiger partial charge in [-0.3, -0.25) is 4.98 Å². The Hall–Kier alpha value is -1.03. The highest BCUT2D eigenvalue weighted by molar-refractivity contribution is 5.08. The lowest BCUT2D eigenvalue weighted by Crippen LogP contribution is -2.28. The first-order valence-corrected chi connectivity index (χ1v) is 6.11. The fraction of sp³-hybridized carbons (Fsp3) is 0.615. The Morgan fingerprint density at radius 3 is 2.94 bits per heavy atom. The van der Waals surface area contributed by atoms with Crippen LogP contribution in [0.1, 0.15) is 43.8 Å². The molecule has 17 heavy (non-hydrogen) atoms. The average molecular weight is 240 g/mol. The molecule has 4 heteroatoms. The van der Waals surface area contributed by atoms with Crippen molar-refractivity contribution >= 4 is 0 Å². The third kappa shape index (κ3) is 3.46. The third-order valence-corrected chi connectivity index (χ3v) is 3.40. The molecular weight excluding hydrogens is 222 g/mol. The number of hydrogen-bond acceptors (Lipinski definition) is 2. The minimum atomic E-state index is -2.49. The summed E-state index contributed by atoms with van der Waals surface area (Å²) in [5.74, 6) is -2.47. The SMILES string of the molecule is NC(CC1CCCC(F)(F)C1)c1ccccn1. The molecule has 1 aliphatic carbocycles. The molecule has 2 atom stereocenters. The van der Waals surface area contributed by atoms with Crippen molar-refractivity contribution in [1.29, 1.82) is 0 Å². The van der Waals surface area contributed by atoms with Crippen molar-refractivity contribution in [2.24, 2.45) is 11.7 Å². The molecule has 2 nitrogen and oxygen atoms in total. The fourth-order valence-electron chi connectivity index (χ4n) is 2.55. The van der Waals surface area contributed by atoms with E-state index in [-0.39, 0.29) is 24.8 Å². The van der Waals surface area contributed by atoms with Gasteiger partial charge in [0, 0.05) is 25.1 Å². The number of aromatic nitrogens is 1. The molecule has 0 bridgehead atoms. The van der Waals surface area contributed by atoms with Crippen LogP contribution >= 0.6 is 0 Å². The second-order valence-corrected chi connectivity index (χ2v) is 4.92. The van der Waals surface area contributed by atoms with Gasteiger partial charge in [-0.25, -0.2) is 8.78 Å². The highest BCUT2D eigenvalue weighted by Crippen LogP contribution is 2.39. The van der Waals surface area contributed by atoms with Crippen molar-refractivity contribution < 1.29 is 8.78 Å². The zero-order valence-corrected chi connectivity index (χ0v) is 9.78. The maximum Gasteiger partial charge on any atom is 0.248 e. The molecule has 0 radical (unpaired) electrons. The van der Waals surface area contributed by atoms with Crippen LogP contribution < -0.4 is 5.73 Å². The molecule has 0 aromatic carbocycles. The molecule has 0 saturated heterocycles. The van der Waals surface area contributed by atoms with E-state index in [0.717, 1.165) is 12.1 Å². The number of alkyl halides is 2. The number of hydrogen-bond donors (Lipinski definition) is 1. The number of nitrogens with zero attached hydrogens (tertiary/aromatic N) is 1. The summed E-state index contributed by atoms with van der Waals surface area (Å²) in [6, 6.07) is 5.32. The van der Waals surface area contributed by atoms with Crippen molar-refractivity contribution in [3.63, 3.8) is 0 Å². The molecule has 0 spiro atoms. The minimum absolute atomic E-state index is 0.0203. The summed E-state index contributed by atoms with van der Waals surface area (Å²) < 4.78 is 26.5.